The topological polar surface area (TPSA) is 59.0 Å². The molecule has 2 fully saturated rings. The Labute approximate surface area is 178 Å². The molecule has 0 bridgehead atoms. The predicted molar refractivity (Wildman–Crippen MR) is 116 cm³/mol. The maximum Gasteiger partial charge on any atom is 0.227 e. The first kappa shape index (κ1) is 20.7. The van der Waals surface area contributed by atoms with E-state index in [2.05, 4.69) is 0 Å². The lowest BCUT2D eigenvalue weighted by Gasteiger charge is -2.52. The largest absolute Gasteiger partial charge is 0.497 e. The van der Waals surface area contributed by atoms with Crippen LogP contribution >= 0.6 is 0 Å². The van der Waals surface area contributed by atoms with E-state index in [1.165, 1.54) is 0 Å². The lowest BCUT2D eigenvalue weighted by Crippen LogP contribution is -2.56. The Morgan fingerprint density at radius 1 is 1.10 bits per heavy atom. The molecule has 1 aliphatic carbocycles. The van der Waals surface area contributed by atoms with Gasteiger partial charge in [0.25, 0.3) is 0 Å². The molecule has 160 valence electrons. The first-order valence-electron chi connectivity index (χ1n) is 10.8. The molecule has 5 nitrogen and oxygen atoms in total. The highest BCUT2D eigenvalue weighted by Gasteiger charge is 2.50. The van der Waals surface area contributed by atoms with Crippen LogP contribution in [-0.4, -0.2) is 42.3 Å². The van der Waals surface area contributed by atoms with Gasteiger partial charge in [0.2, 0.25) is 5.91 Å². The minimum atomic E-state index is -0.725. The fourth-order valence-corrected chi connectivity index (χ4v) is 5.28. The Balaban J connectivity index is 1.73. The molecule has 2 aliphatic rings. The van der Waals surface area contributed by atoms with Crippen molar-refractivity contribution >= 4 is 5.91 Å². The zero-order chi connectivity index (χ0) is 21.1. The van der Waals surface area contributed by atoms with Gasteiger partial charge in [-0.05, 0) is 37.0 Å². The van der Waals surface area contributed by atoms with E-state index in [0.717, 1.165) is 36.8 Å². The van der Waals surface area contributed by atoms with Gasteiger partial charge in [0.15, 0.2) is 0 Å². The molecule has 0 radical (unpaired) electrons. The molecule has 2 aromatic rings. The van der Waals surface area contributed by atoms with Gasteiger partial charge in [0.1, 0.15) is 11.5 Å². The molecule has 3 atom stereocenters. The van der Waals surface area contributed by atoms with Crippen molar-refractivity contribution in [3.63, 3.8) is 0 Å². The number of nitrogens with zero attached hydrogens (tertiary/aromatic N) is 1. The minimum absolute atomic E-state index is 0.00187. The average molecular weight is 410 g/mol. The lowest BCUT2D eigenvalue weighted by atomic mass is 9.66. The average Bonchev–Trinajstić information content (AvgIpc) is 2.78. The molecule has 5 heteroatoms. The van der Waals surface area contributed by atoms with Crippen LogP contribution in [0.4, 0.5) is 0 Å². The van der Waals surface area contributed by atoms with Gasteiger partial charge in [-0.2, -0.15) is 0 Å². The van der Waals surface area contributed by atoms with Gasteiger partial charge in [-0.15, -0.1) is 0 Å². The number of hydrogen-bond donors (Lipinski definition) is 1. The standard InChI is InChI=1S/C25H31NO4/c1-29-19-11-12-20(22(17-19)30-2)24-21-10-6-7-13-25(21,28)14-15-26(24)23(27)16-18-8-4-3-5-9-18/h3-5,8-9,11-12,17,21,24,28H,6-7,10,13-16H2,1-2H3/t21-,24-,25+/m1/s1. The lowest BCUT2D eigenvalue weighted by molar-refractivity contribution is -0.154. The van der Waals surface area contributed by atoms with E-state index >= 15 is 0 Å². The Kier molecular flexibility index (Phi) is 6.00. The van der Waals surface area contributed by atoms with Gasteiger partial charge in [-0.25, -0.2) is 0 Å². The quantitative estimate of drug-likeness (QED) is 0.806. The summed E-state index contributed by atoms with van der Waals surface area (Å²) in [5.41, 5.74) is 1.23. The maximum absolute atomic E-state index is 13.4. The van der Waals surface area contributed by atoms with Gasteiger partial charge in [0.05, 0.1) is 32.3 Å². The van der Waals surface area contributed by atoms with Gasteiger partial charge >= 0.3 is 0 Å². The van der Waals surface area contributed by atoms with Crippen molar-refractivity contribution in [2.75, 3.05) is 20.8 Å². The molecule has 0 spiro atoms. The second-order valence-corrected chi connectivity index (χ2v) is 8.51. The first-order chi connectivity index (χ1) is 14.6. The molecule has 0 aromatic heterocycles. The van der Waals surface area contributed by atoms with E-state index in [9.17, 15) is 9.90 Å². The first-order valence-corrected chi connectivity index (χ1v) is 10.8. The number of methoxy groups -OCH3 is 2. The number of benzene rings is 2. The molecular weight excluding hydrogens is 378 g/mol. The van der Waals surface area contributed by atoms with E-state index in [1.807, 2.05) is 53.4 Å². The Hall–Kier alpha value is -2.53. The van der Waals surface area contributed by atoms with Crippen LogP contribution < -0.4 is 9.47 Å². The van der Waals surface area contributed by atoms with E-state index in [1.54, 1.807) is 14.2 Å². The zero-order valence-corrected chi connectivity index (χ0v) is 17.8. The number of hydrogen-bond acceptors (Lipinski definition) is 4. The fraction of sp³-hybridized carbons (Fsp3) is 0.480. The Bertz CT molecular complexity index is 884. The zero-order valence-electron chi connectivity index (χ0n) is 17.8. The summed E-state index contributed by atoms with van der Waals surface area (Å²) in [5.74, 6) is 1.51. The normalized spacial score (nSPS) is 26.0. The summed E-state index contributed by atoms with van der Waals surface area (Å²) < 4.78 is 11.1. The number of fused-ring (bicyclic) bond motifs is 1. The van der Waals surface area contributed by atoms with Crippen molar-refractivity contribution in [1.29, 1.82) is 0 Å². The van der Waals surface area contributed by atoms with Crippen molar-refractivity contribution in [3.8, 4) is 11.5 Å². The van der Waals surface area contributed by atoms with Crippen molar-refractivity contribution in [3.05, 3.63) is 59.7 Å². The Morgan fingerprint density at radius 3 is 2.63 bits per heavy atom. The highest BCUT2D eigenvalue weighted by atomic mass is 16.5. The Morgan fingerprint density at radius 2 is 1.90 bits per heavy atom. The molecular formula is C25H31NO4. The monoisotopic (exact) mass is 409 g/mol. The van der Waals surface area contributed by atoms with Crippen LogP contribution in [0.1, 0.15) is 49.3 Å². The van der Waals surface area contributed by atoms with E-state index in [-0.39, 0.29) is 17.9 Å². The third-order valence-corrected chi connectivity index (χ3v) is 6.85. The summed E-state index contributed by atoms with van der Waals surface area (Å²) in [6, 6.07) is 15.4. The molecule has 30 heavy (non-hydrogen) atoms. The number of carbonyl (C=O) groups excluding carboxylic acids is 1. The third kappa shape index (κ3) is 3.91. The van der Waals surface area contributed by atoms with Crippen LogP contribution in [0.5, 0.6) is 11.5 Å². The molecule has 1 saturated heterocycles. The highest BCUT2D eigenvalue weighted by Crippen LogP contribution is 2.51. The molecule has 1 amide bonds. The summed E-state index contributed by atoms with van der Waals surface area (Å²) in [7, 11) is 3.27. The van der Waals surface area contributed by atoms with Crippen LogP contribution in [0.3, 0.4) is 0 Å². The van der Waals surface area contributed by atoms with Crippen molar-refractivity contribution in [1.82, 2.24) is 4.90 Å². The molecule has 4 rings (SSSR count). The maximum atomic E-state index is 13.4. The van der Waals surface area contributed by atoms with Crippen LogP contribution in [0.15, 0.2) is 48.5 Å². The van der Waals surface area contributed by atoms with E-state index in [0.29, 0.717) is 30.9 Å². The van der Waals surface area contributed by atoms with Crippen LogP contribution in [0.25, 0.3) is 0 Å². The third-order valence-electron chi connectivity index (χ3n) is 6.85. The van der Waals surface area contributed by atoms with Crippen molar-refractivity contribution in [2.24, 2.45) is 5.92 Å². The summed E-state index contributed by atoms with van der Waals surface area (Å²) >= 11 is 0. The number of likely N-dealkylation sites (tertiary alicyclic amines) is 1. The molecule has 1 N–H and O–H groups in total. The summed E-state index contributed by atoms with van der Waals surface area (Å²) in [6.45, 7) is 0.554. The highest BCUT2D eigenvalue weighted by molar-refractivity contribution is 5.79. The van der Waals surface area contributed by atoms with Crippen molar-refractivity contribution in [2.45, 2.75) is 50.2 Å². The summed E-state index contributed by atoms with van der Waals surface area (Å²) in [4.78, 5) is 15.4. The van der Waals surface area contributed by atoms with E-state index in [4.69, 9.17) is 9.47 Å². The number of piperidine rings is 1. The molecule has 2 aromatic carbocycles. The number of ether oxygens (including phenoxy) is 2. The van der Waals surface area contributed by atoms with Crippen molar-refractivity contribution < 1.29 is 19.4 Å². The van der Waals surface area contributed by atoms with Crippen LogP contribution in [0, 0.1) is 5.92 Å². The van der Waals surface area contributed by atoms with Gasteiger partial charge in [-0.1, -0.05) is 43.2 Å². The molecule has 1 aliphatic heterocycles. The number of aliphatic hydroxyl groups is 1. The second-order valence-electron chi connectivity index (χ2n) is 8.51. The smallest absolute Gasteiger partial charge is 0.227 e. The minimum Gasteiger partial charge on any atom is -0.497 e. The summed E-state index contributed by atoms with van der Waals surface area (Å²) in [6.07, 6.45) is 4.81. The predicted octanol–water partition coefficient (Wildman–Crippen LogP) is 4.14. The summed E-state index contributed by atoms with van der Waals surface area (Å²) in [5, 5.41) is 11.5. The van der Waals surface area contributed by atoms with Crippen LogP contribution in [-0.2, 0) is 11.2 Å². The molecule has 1 saturated carbocycles. The SMILES string of the molecule is COc1ccc([C@@H]2[C@H]3CCCC[C@]3(O)CCN2C(=O)Cc2ccccc2)c(OC)c1. The van der Waals surface area contributed by atoms with Gasteiger partial charge in [-0.3, -0.25) is 4.79 Å². The van der Waals surface area contributed by atoms with Gasteiger partial charge in [0, 0.05) is 24.1 Å². The van der Waals surface area contributed by atoms with Gasteiger partial charge < -0.3 is 19.5 Å². The fourth-order valence-electron chi connectivity index (χ4n) is 5.28. The number of carbonyl (C=O) groups is 1. The van der Waals surface area contributed by atoms with Crippen LogP contribution in [0.2, 0.25) is 0 Å². The van der Waals surface area contributed by atoms with E-state index < -0.39 is 5.60 Å². The molecule has 1 heterocycles. The molecule has 0 unspecified atom stereocenters. The number of amides is 1. The number of rotatable bonds is 5. The second kappa shape index (κ2) is 8.68.